The minimum absolute atomic E-state index is 0. The number of hydrogen-bond donors (Lipinski definition) is 0. The molecule has 0 bridgehead atoms. The second-order valence-electron chi connectivity index (χ2n) is 4.54. The maximum atomic E-state index is 2.31. The van der Waals surface area contributed by atoms with Crippen LogP contribution in [0.15, 0.2) is 72.1 Å². The van der Waals surface area contributed by atoms with Crippen LogP contribution in [0.4, 0.5) is 0 Å². The number of rotatable bonds is 4. The molecule has 0 spiro atoms. The Morgan fingerprint density at radius 2 is 1.64 bits per heavy atom. The Labute approximate surface area is 160 Å². The fourth-order valence-corrected chi connectivity index (χ4v) is 5.16. The van der Waals surface area contributed by atoms with E-state index in [1.165, 1.54) is 26.5 Å². The molecule has 0 aliphatic carbocycles. The van der Waals surface area contributed by atoms with E-state index in [1.807, 2.05) is 20.7 Å². The lowest BCUT2D eigenvalue weighted by atomic mass is 10.1. The Hall–Kier alpha value is -0.690. The SMILES string of the molecule is CS/C=C(/c1ccccc1)c1cc(-c2ccccc2)[s+]s1.[I-]. The third-order valence-electron chi connectivity index (χ3n) is 3.13. The summed E-state index contributed by atoms with van der Waals surface area (Å²) < 4.78 is 0. The van der Waals surface area contributed by atoms with Crippen molar-refractivity contribution in [3.63, 3.8) is 0 Å². The van der Waals surface area contributed by atoms with E-state index >= 15 is 0 Å². The largest absolute Gasteiger partial charge is 1.00 e. The summed E-state index contributed by atoms with van der Waals surface area (Å²) in [4.78, 5) is 2.66. The number of benzene rings is 2. The maximum Gasteiger partial charge on any atom is 0.301 e. The van der Waals surface area contributed by atoms with E-state index in [-0.39, 0.29) is 24.0 Å². The minimum atomic E-state index is 0. The van der Waals surface area contributed by atoms with E-state index in [4.69, 9.17) is 0 Å². The van der Waals surface area contributed by atoms with Gasteiger partial charge in [-0.2, -0.15) is 0 Å². The van der Waals surface area contributed by atoms with Crippen molar-refractivity contribution in [2.24, 2.45) is 0 Å². The predicted molar refractivity (Wildman–Crippen MR) is 99.1 cm³/mol. The highest BCUT2D eigenvalue weighted by Crippen LogP contribution is 2.37. The molecular formula is C18H15IS3. The Balaban J connectivity index is 0.00000176. The molecule has 0 unspecified atom stereocenters. The zero-order valence-electron chi connectivity index (χ0n) is 12.0. The van der Waals surface area contributed by atoms with Crippen molar-refractivity contribution in [2.75, 3.05) is 6.26 Å². The number of halogens is 1. The first-order chi connectivity index (χ1) is 10.4. The van der Waals surface area contributed by atoms with Gasteiger partial charge in [-0.1, -0.05) is 48.5 Å². The average Bonchev–Trinajstić information content (AvgIpc) is 3.04. The molecule has 4 heteroatoms. The Morgan fingerprint density at radius 1 is 1.00 bits per heavy atom. The highest BCUT2D eigenvalue weighted by atomic mass is 127. The summed E-state index contributed by atoms with van der Waals surface area (Å²) >= 11 is 1.75. The van der Waals surface area contributed by atoms with Crippen LogP contribution in [-0.2, 0) is 0 Å². The van der Waals surface area contributed by atoms with E-state index in [2.05, 4.69) is 78.4 Å². The summed E-state index contributed by atoms with van der Waals surface area (Å²) in [6, 6.07) is 23.5. The smallest absolute Gasteiger partial charge is 0.301 e. The lowest BCUT2D eigenvalue weighted by Crippen LogP contribution is -3.00. The Morgan fingerprint density at radius 3 is 2.27 bits per heavy atom. The van der Waals surface area contributed by atoms with Gasteiger partial charge < -0.3 is 24.0 Å². The summed E-state index contributed by atoms with van der Waals surface area (Å²) in [7, 11) is 3.69. The lowest BCUT2D eigenvalue weighted by Gasteiger charge is -2.02. The van der Waals surface area contributed by atoms with E-state index in [0.29, 0.717) is 0 Å². The normalized spacial score (nSPS) is 11.0. The first kappa shape index (κ1) is 17.7. The molecule has 0 saturated heterocycles. The van der Waals surface area contributed by atoms with Crippen LogP contribution in [0.25, 0.3) is 16.0 Å². The zero-order chi connectivity index (χ0) is 14.5. The fourth-order valence-electron chi connectivity index (χ4n) is 2.12. The van der Waals surface area contributed by atoms with E-state index in [9.17, 15) is 0 Å². The summed E-state index contributed by atoms with van der Waals surface area (Å²) in [5.41, 5.74) is 3.88. The van der Waals surface area contributed by atoms with Crippen molar-refractivity contribution in [1.82, 2.24) is 0 Å². The molecule has 3 aromatic rings. The molecule has 3 rings (SSSR count). The monoisotopic (exact) mass is 454 g/mol. The quantitative estimate of drug-likeness (QED) is 0.330. The third kappa shape index (κ3) is 4.19. The maximum absolute atomic E-state index is 2.31. The van der Waals surface area contributed by atoms with Crippen LogP contribution in [0.5, 0.6) is 0 Å². The molecule has 0 radical (unpaired) electrons. The lowest BCUT2D eigenvalue weighted by molar-refractivity contribution is -0.00000386. The van der Waals surface area contributed by atoms with Crippen molar-refractivity contribution in [1.29, 1.82) is 0 Å². The van der Waals surface area contributed by atoms with E-state index < -0.39 is 0 Å². The van der Waals surface area contributed by atoms with Crippen molar-refractivity contribution in [3.8, 4) is 10.4 Å². The van der Waals surface area contributed by atoms with Gasteiger partial charge in [-0.15, -0.1) is 11.8 Å². The Bertz CT molecular complexity index is 733. The first-order valence-electron chi connectivity index (χ1n) is 6.66. The van der Waals surface area contributed by atoms with Crippen LogP contribution < -0.4 is 24.0 Å². The predicted octanol–water partition coefficient (Wildman–Crippen LogP) is 3.51. The fraction of sp³-hybridized carbons (Fsp3) is 0.0556. The molecule has 0 aliphatic rings. The van der Waals surface area contributed by atoms with Crippen molar-refractivity contribution >= 4 is 38.0 Å². The molecule has 0 fully saturated rings. The van der Waals surface area contributed by atoms with Gasteiger partial charge in [-0.25, -0.2) is 0 Å². The average molecular weight is 454 g/mol. The molecule has 0 atom stereocenters. The van der Waals surface area contributed by atoms with Crippen LogP contribution >= 0.6 is 32.4 Å². The summed E-state index contributed by atoms with van der Waals surface area (Å²) in [6.07, 6.45) is 2.11. The molecular weight excluding hydrogens is 439 g/mol. The molecule has 0 amide bonds. The summed E-state index contributed by atoms with van der Waals surface area (Å²) in [5, 5.41) is 2.24. The topological polar surface area (TPSA) is 0 Å². The van der Waals surface area contributed by atoms with E-state index in [1.54, 1.807) is 11.8 Å². The molecule has 0 nitrogen and oxygen atoms in total. The standard InChI is InChI=1S/C18H15S3.HI/c1-19-13-16(14-8-4-2-5-9-14)18-12-17(20-21-18)15-10-6-3-7-11-15;/h2-13H,1H3;1H/q+1;/p-1/b16-13-;. The van der Waals surface area contributed by atoms with Gasteiger partial charge in [-0.3, -0.25) is 0 Å². The van der Waals surface area contributed by atoms with Gasteiger partial charge in [0.2, 0.25) is 0 Å². The molecule has 112 valence electrons. The summed E-state index contributed by atoms with van der Waals surface area (Å²) in [5.74, 6) is 0. The highest BCUT2D eigenvalue weighted by molar-refractivity contribution is 8.01. The molecule has 0 N–H and O–H groups in total. The molecule has 0 aliphatic heterocycles. The van der Waals surface area contributed by atoms with E-state index in [0.717, 1.165) is 0 Å². The number of thioether (sulfide) groups is 1. The van der Waals surface area contributed by atoms with Crippen molar-refractivity contribution < 1.29 is 24.0 Å². The molecule has 1 heterocycles. The molecule has 2 aromatic carbocycles. The van der Waals surface area contributed by atoms with Gasteiger partial charge in [-0.05, 0) is 29.4 Å². The minimum Gasteiger partial charge on any atom is -1.00 e. The molecule has 22 heavy (non-hydrogen) atoms. The van der Waals surface area contributed by atoms with Gasteiger partial charge >= 0.3 is 10.3 Å². The van der Waals surface area contributed by atoms with Gasteiger partial charge in [0.25, 0.3) is 4.88 Å². The van der Waals surface area contributed by atoms with Crippen molar-refractivity contribution in [3.05, 3.63) is 82.6 Å². The van der Waals surface area contributed by atoms with Crippen molar-refractivity contribution in [2.45, 2.75) is 0 Å². The second kappa shape index (κ2) is 8.82. The highest BCUT2D eigenvalue weighted by Gasteiger charge is 2.18. The second-order valence-corrected chi connectivity index (χ2v) is 7.46. The van der Waals surface area contributed by atoms with Gasteiger partial charge in [0, 0.05) is 17.2 Å². The summed E-state index contributed by atoms with van der Waals surface area (Å²) in [6.45, 7) is 0. The zero-order valence-corrected chi connectivity index (χ0v) is 16.6. The van der Waals surface area contributed by atoms with Gasteiger partial charge in [0.1, 0.15) is 0 Å². The van der Waals surface area contributed by atoms with Gasteiger partial charge in [0.05, 0.1) is 4.88 Å². The van der Waals surface area contributed by atoms with Crippen LogP contribution in [0.2, 0.25) is 0 Å². The third-order valence-corrected chi connectivity index (χ3v) is 6.06. The molecule has 1 aromatic heterocycles. The number of hydrogen-bond acceptors (Lipinski definition) is 2. The van der Waals surface area contributed by atoms with Crippen LogP contribution in [0, 0.1) is 0 Å². The van der Waals surface area contributed by atoms with Crippen LogP contribution in [0.1, 0.15) is 10.4 Å². The van der Waals surface area contributed by atoms with Crippen LogP contribution in [-0.4, -0.2) is 6.26 Å². The van der Waals surface area contributed by atoms with Crippen LogP contribution in [0.3, 0.4) is 0 Å². The first-order valence-corrected chi connectivity index (χ1v) is 10.1. The van der Waals surface area contributed by atoms with Gasteiger partial charge in [0.15, 0.2) is 10.3 Å². The molecule has 0 saturated carbocycles. The Kier molecular flexibility index (Phi) is 7.08.